The molecule has 116 valence electrons. The van der Waals surface area contributed by atoms with Gasteiger partial charge in [0.2, 0.25) is 5.78 Å². The Morgan fingerprint density at radius 1 is 1.38 bits per heavy atom. The second-order valence-electron chi connectivity index (χ2n) is 6.13. The summed E-state index contributed by atoms with van der Waals surface area (Å²) in [4.78, 5) is 23.5. The Kier molecular flexibility index (Phi) is 4.66. The van der Waals surface area contributed by atoms with Crippen molar-refractivity contribution >= 4 is 43.7 Å². The maximum atomic E-state index is 11.8. The summed E-state index contributed by atoms with van der Waals surface area (Å²) >= 11 is 6.48. The smallest absolute Gasteiger partial charge is 0.407 e. The third-order valence-electron chi connectivity index (χ3n) is 3.02. The molecular formula is C14H17Br2NO4. The van der Waals surface area contributed by atoms with Gasteiger partial charge in [-0.25, -0.2) is 4.79 Å². The minimum Gasteiger partial charge on any atom is -0.444 e. The van der Waals surface area contributed by atoms with Gasteiger partial charge in [0.25, 0.3) is 0 Å². The summed E-state index contributed by atoms with van der Waals surface area (Å²) in [5.74, 6) is -0.118. The minimum atomic E-state index is -0.675. The highest BCUT2D eigenvalue weighted by Crippen LogP contribution is 2.38. The first-order valence-corrected chi connectivity index (χ1v) is 8.14. The molecule has 1 N–H and O–H groups in total. The molecule has 2 rings (SSSR count). The molecule has 0 aromatic heterocycles. The third-order valence-corrected chi connectivity index (χ3v) is 4.19. The fraction of sp³-hybridized carbons (Fsp3) is 0.571. The van der Waals surface area contributed by atoms with Gasteiger partial charge in [-0.05, 0) is 64.8 Å². The van der Waals surface area contributed by atoms with Crippen molar-refractivity contribution in [2.24, 2.45) is 0 Å². The second kappa shape index (κ2) is 5.85. The number of rotatable bonds is 1. The molecule has 1 fully saturated rings. The van der Waals surface area contributed by atoms with E-state index in [2.05, 4.69) is 37.2 Å². The van der Waals surface area contributed by atoms with E-state index in [0.29, 0.717) is 22.0 Å². The van der Waals surface area contributed by atoms with Crippen LogP contribution in [0.4, 0.5) is 4.79 Å². The quantitative estimate of drug-likeness (QED) is 0.704. The Labute approximate surface area is 140 Å². The van der Waals surface area contributed by atoms with Gasteiger partial charge >= 0.3 is 6.09 Å². The Morgan fingerprint density at radius 3 is 2.48 bits per heavy atom. The zero-order chi connectivity index (χ0) is 15.8. The van der Waals surface area contributed by atoms with Gasteiger partial charge in [0, 0.05) is 6.42 Å². The molecule has 1 aliphatic heterocycles. The predicted octanol–water partition coefficient (Wildman–Crippen LogP) is 3.18. The van der Waals surface area contributed by atoms with Crippen molar-refractivity contribution in [1.82, 2.24) is 5.32 Å². The fourth-order valence-corrected chi connectivity index (χ4v) is 3.71. The number of ketones is 1. The van der Waals surface area contributed by atoms with Crippen molar-refractivity contribution in [1.29, 1.82) is 0 Å². The molecule has 2 aliphatic rings. The van der Waals surface area contributed by atoms with E-state index in [9.17, 15) is 9.59 Å². The van der Waals surface area contributed by atoms with Crippen molar-refractivity contribution in [3.05, 3.63) is 21.1 Å². The van der Waals surface area contributed by atoms with Crippen molar-refractivity contribution < 1.29 is 19.1 Å². The van der Waals surface area contributed by atoms with Crippen LogP contribution in [0, 0.1) is 0 Å². The number of allylic oxidation sites excluding steroid dienone is 2. The van der Waals surface area contributed by atoms with Crippen molar-refractivity contribution in [2.75, 3.05) is 6.61 Å². The summed E-state index contributed by atoms with van der Waals surface area (Å²) in [6.07, 6.45) is 3.54. The van der Waals surface area contributed by atoms with E-state index >= 15 is 0 Å². The molecule has 0 bridgehead atoms. The molecule has 1 heterocycles. The lowest BCUT2D eigenvalue weighted by molar-refractivity contribution is -0.111. The van der Waals surface area contributed by atoms with Crippen LogP contribution in [0.5, 0.6) is 0 Å². The van der Waals surface area contributed by atoms with Crippen LogP contribution in [-0.4, -0.2) is 35.7 Å². The van der Waals surface area contributed by atoms with Crippen molar-refractivity contribution in [3.8, 4) is 0 Å². The van der Waals surface area contributed by atoms with E-state index in [4.69, 9.17) is 9.47 Å². The molecule has 5 nitrogen and oxygen atoms in total. The van der Waals surface area contributed by atoms with Crippen molar-refractivity contribution in [3.63, 3.8) is 0 Å². The Bertz CT molecular complexity index is 512. The molecule has 0 saturated carbocycles. The Morgan fingerprint density at radius 2 is 1.95 bits per heavy atom. The first-order valence-electron chi connectivity index (χ1n) is 6.55. The lowest BCUT2D eigenvalue weighted by atomic mass is 9.93. The van der Waals surface area contributed by atoms with Gasteiger partial charge in [-0.1, -0.05) is 0 Å². The van der Waals surface area contributed by atoms with Crippen LogP contribution in [0.3, 0.4) is 0 Å². The van der Waals surface area contributed by atoms with Crippen LogP contribution in [0.15, 0.2) is 21.1 Å². The van der Waals surface area contributed by atoms with Gasteiger partial charge in [0.1, 0.15) is 11.2 Å². The molecular weight excluding hydrogens is 406 g/mol. The number of hydrogen-bond acceptors (Lipinski definition) is 4. The largest absolute Gasteiger partial charge is 0.444 e. The second-order valence-corrected chi connectivity index (χ2v) is 7.84. The zero-order valence-electron chi connectivity index (χ0n) is 12.0. The predicted molar refractivity (Wildman–Crippen MR) is 85.5 cm³/mol. The molecule has 1 aliphatic carbocycles. The van der Waals surface area contributed by atoms with Gasteiger partial charge in [0.15, 0.2) is 0 Å². The van der Waals surface area contributed by atoms with Crippen LogP contribution >= 0.6 is 31.9 Å². The summed E-state index contributed by atoms with van der Waals surface area (Å²) in [6.45, 7) is 5.80. The van der Waals surface area contributed by atoms with Crippen molar-refractivity contribution in [2.45, 2.75) is 44.4 Å². The molecule has 1 spiro atoms. The highest BCUT2D eigenvalue weighted by molar-refractivity contribution is 9.13. The summed E-state index contributed by atoms with van der Waals surface area (Å²) in [6, 6.07) is -0.166. The zero-order valence-corrected chi connectivity index (χ0v) is 15.2. The lowest BCUT2D eigenvalue weighted by Gasteiger charge is -2.25. The summed E-state index contributed by atoms with van der Waals surface area (Å²) in [7, 11) is 0. The number of carbonyl (C=O) groups is 2. The number of alkyl carbamates (subject to hydrolysis) is 1. The van der Waals surface area contributed by atoms with Gasteiger partial charge in [-0.15, -0.1) is 0 Å². The van der Waals surface area contributed by atoms with Gasteiger partial charge in [0.05, 0.1) is 21.6 Å². The summed E-state index contributed by atoms with van der Waals surface area (Å²) in [5.41, 5.74) is -1.21. The fourth-order valence-electron chi connectivity index (χ4n) is 2.24. The van der Waals surface area contributed by atoms with Crippen LogP contribution in [0.25, 0.3) is 0 Å². The van der Waals surface area contributed by atoms with Crippen LogP contribution in [-0.2, 0) is 14.3 Å². The topological polar surface area (TPSA) is 64.6 Å². The Balaban J connectivity index is 2.01. The van der Waals surface area contributed by atoms with E-state index in [1.807, 2.05) is 20.8 Å². The summed E-state index contributed by atoms with van der Waals surface area (Å²) in [5, 5.41) is 2.79. The highest BCUT2D eigenvalue weighted by Gasteiger charge is 2.41. The number of nitrogens with one attached hydrogen (secondary N) is 1. The molecule has 1 amide bonds. The standard InChI is InChI=1S/C14H17Br2NO4/c1-13(2,3)21-12(19)17-8-4-14(20-7-8)5-9(15)11(18)10(16)6-14/h5-6,8H,4,7H2,1-3H3,(H,17,19). The molecule has 0 aromatic carbocycles. The molecule has 21 heavy (non-hydrogen) atoms. The number of ether oxygens (including phenoxy) is 2. The van der Waals surface area contributed by atoms with Crippen LogP contribution < -0.4 is 5.32 Å². The highest BCUT2D eigenvalue weighted by atomic mass is 79.9. The van der Waals surface area contributed by atoms with Gasteiger partial charge in [-0.3, -0.25) is 4.79 Å². The molecule has 7 heteroatoms. The summed E-state index contributed by atoms with van der Waals surface area (Å²) < 4.78 is 11.9. The number of hydrogen-bond donors (Lipinski definition) is 1. The molecule has 0 aromatic rings. The van der Waals surface area contributed by atoms with E-state index in [0.717, 1.165) is 0 Å². The van der Waals surface area contributed by atoms with E-state index in [1.165, 1.54) is 0 Å². The average Bonchev–Trinajstić information content (AvgIpc) is 2.66. The number of Topliss-reactive ketones (excluding diaryl/α,β-unsaturated/α-hetero) is 1. The third kappa shape index (κ3) is 4.17. The first-order chi connectivity index (χ1) is 9.60. The molecule has 0 radical (unpaired) electrons. The average molecular weight is 423 g/mol. The SMILES string of the molecule is CC(C)(C)OC(=O)NC1COC2(C=C(Br)C(=O)C(Br)=C2)C1. The van der Waals surface area contributed by atoms with Gasteiger partial charge in [-0.2, -0.15) is 0 Å². The molecule has 1 saturated heterocycles. The van der Waals surface area contributed by atoms with E-state index in [1.54, 1.807) is 12.2 Å². The normalized spacial score (nSPS) is 24.6. The number of amides is 1. The van der Waals surface area contributed by atoms with E-state index in [-0.39, 0.29) is 11.8 Å². The number of halogens is 2. The lowest BCUT2D eigenvalue weighted by Crippen LogP contribution is -2.40. The monoisotopic (exact) mass is 421 g/mol. The maximum absolute atomic E-state index is 11.8. The molecule has 1 unspecified atom stereocenters. The Hall–Kier alpha value is -0.660. The molecule has 1 atom stereocenters. The van der Waals surface area contributed by atoms with Crippen LogP contribution in [0.2, 0.25) is 0 Å². The van der Waals surface area contributed by atoms with Crippen LogP contribution in [0.1, 0.15) is 27.2 Å². The first kappa shape index (κ1) is 16.7. The number of carbonyl (C=O) groups excluding carboxylic acids is 2. The van der Waals surface area contributed by atoms with Gasteiger partial charge < -0.3 is 14.8 Å². The minimum absolute atomic E-state index is 0.118. The van der Waals surface area contributed by atoms with E-state index < -0.39 is 17.3 Å². The maximum Gasteiger partial charge on any atom is 0.407 e.